The van der Waals surface area contributed by atoms with Crippen molar-refractivity contribution in [1.29, 1.82) is 5.26 Å². The molecule has 0 N–H and O–H groups in total. The summed E-state index contributed by atoms with van der Waals surface area (Å²) in [5, 5.41) is 13.5. The van der Waals surface area contributed by atoms with E-state index in [0.717, 1.165) is 105 Å². The normalized spacial score (nSPS) is 15.3. The number of nitriles is 1. The van der Waals surface area contributed by atoms with Gasteiger partial charge >= 0.3 is 0 Å². The molecule has 16 aromatic rings. The summed E-state index contributed by atoms with van der Waals surface area (Å²) in [6, 6.07) is 58.7. The second-order valence-corrected chi connectivity index (χ2v) is 34.9. The largest absolute Gasteiger partial charge is 0.311 e. The van der Waals surface area contributed by atoms with E-state index >= 15 is 0 Å². The molecule has 0 saturated carbocycles. The van der Waals surface area contributed by atoms with Crippen LogP contribution >= 0.6 is 0 Å². The summed E-state index contributed by atoms with van der Waals surface area (Å²) < 4.78 is 165. The van der Waals surface area contributed by atoms with Crippen molar-refractivity contribution in [2.24, 2.45) is 0 Å². The van der Waals surface area contributed by atoms with Gasteiger partial charge in [-0.15, -0.1) is 0 Å². The van der Waals surface area contributed by atoms with E-state index in [9.17, 15) is 23.1 Å². The van der Waals surface area contributed by atoms with E-state index < -0.39 is 114 Å². The molecule has 0 aliphatic carbocycles. The minimum Gasteiger partial charge on any atom is -0.311 e. The predicted molar refractivity (Wildman–Crippen MR) is 475 cm³/mol. The summed E-state index contributed by atoms with van der Waals surface area (Å²) in [5.74, 6) is 0. The molecule has 111 heavy (non-hydrogen) atoms. The molecule has 0 bridgehead atoms. The van der Waals surface area contributed by atoms with Crippen LogP contribution in [0.4, 0.5) is 34.1 Å². The van der Waals surface area contributed by atoms with Crippen LogP contribution in [0.3, 0.4) is 0 Å². The van der Waals surface area contributed by atoms with Gasteiger partial charge in [-0.25, -0.2) is 0 Å². The summed E-state index contributed by atoms with van der Waals surface area (Å²) in [6.07, 6.45) is 0. The Bertz CT molecular complexity index is 7360. The maximum absolute atomic E-state index is 12.1. The van der Waals surface area contributed by atoms with Crippen LogP contribution in [0.2, 0.25) is 0 Å². The van der Waals surface area contributed by atoms with E-state index in [1.165, 1.54) is 10.6 Å². The van der Waals surface area contributed by atoms with Gasteiger partial charge < -0.3 is 18.9 Å². The van der Waals surface area contributed by atoms with E-state index in [1.54, 1.807) is 12.1 Å². The summed E-state index contributed by atoms with van der Waals surface area (Å²) >= 11 is 0. The van der Waals surface area contributed by atoms with E-state index in [1.807, 2.05) is 54.6 Å². The third-order valence-corrected chi connectivity index (χ3v) is 22.5. The highest BCUT2D eigenvalue weighted by atomic mass is 15.2. The number of hydrogen-bond donors (Lipinski definition) is 0. The molecule has 0 spiro atoms. The number of anilines is 6. The number of fused-ring (bicyclic) bond motifs is 10. The first-order valence-corrected chi connectivity index (χ1v) is 38.1. The Labute approximate surface area is 679 Å². The lowest BCUT2D eigenvalue weighted by molar-refractivity contribution is 0.569. The first kappa shape index (κ1) is 53.6. The third-order valence-electron chi connectivity index (χ3n) is 22.5. The van der Waals surface area contributed by atoms with Crippen molar-refractivity contribution >= 4 is 101 Å². The lowest BCUT2D eigenvalue weighted by Gasteiger charge is -2.45. The van der Waals surface area contributed by atoms with Gasteiger partial charge in [-0.1, -0.05) is 310 Å². The molecule has 0 saturated heterocycles. The van der Waals surface area contributed by atoms with Gasteiger partial charge in [-0.3, -0.25) is 0 Å². The van der Waals surface area contributed by atoms with Crippen molar-refractivity contribution in [2.45, 2.75) is 131 Å². The van der Waals surface area contributed by atoms with Gasteiger partial charge in [0.15, 0.2) is 0 Å². The first-order chi connectivity index (χ1) is 60.2. The molecule has 542 valence electrons. The highest BCUT2D eigenvalue weighted by Gasteiger charge is 2.46. The topological polar surface area (TPSA) is 40.1 Å². The minimum absolute atomic E-state index is 0.00376. The van der Waals surface area contributed by atoms with E-state index in [4.69, 9.17) is 5.48 Å². The fourth-order valence-electron chi connectivity index (χ4n) is 16.5. The van der Waals surface area contributed by atoms with Crippen LogP contribution in [0.1, 0.15) is 161 Å². The van der Waals surface area contributed by atoms with Gasteiger partial charge in [0.25, 0.3) is 6.71 Å². The van der Waals surface area contributed by atoms with E-state index in [-0.39, 0.29) is 72.4 Å². The van der Waals surface area contributed by atoms with E-state index in [0.29, 0.717) is 39.7 Å². The highest BCUT2D eigenvalue weighted by molar-refractivity contribution is 7.00. The molecule has 0 atom stereocenters. The van der Waals surface area contributed by atoms with Gasteiger partial charge in [0.2, 0.25) is 0 Å². The van der Waals surface area contributed by atoms with Crippen LogP contribution in [0.15, 0.2) is 297 Å². The Balaban J connectivity index is 1.07. The monoisotopic (exact) mass is 1450 g/mol. The molecular formula is C105H94BN5. The number of nitrogens with zero attached hydrogens (tertiary/aromatic N) is 5. The third kappa shape index (κ3) is 12.1. The number of hydrogen-bond acceptors (Lipinski definition) is 3. The Morgan fingerprint density at radius 1 is 0.306 bits per heavy atom. The Morgan fingerprint density at radius 2 is 0.766 bits per heavy atom. The zero-order valence-electron chi connectivity index (χ0n) is 82.3. The van der Waals surface area contributed by atoms with Gasteiger partial charge in [0.1, 0.15) is 0 Å². The number of para-hydroxylation sites is 1. The molecule has 4 heterocycles. The molecule has 0 radical (unpaired) electrons. The molecule has 2 aromatic heterocycles. The number of aromatic nitrogens is 2. The van der Waals surface area contributed by atoms with Gasteiger partial charge in [-0.05, 0) is 207 Å². The fraction of sp³-hybridized carbons (Fsp3) is 0.190. The van der Waals surface area contributed by atoms with Crippen LogP contribution in [0.25, 0.3) is 111 Å². The fourth-order valence-corrected chi connectivity index (χ4v) is 16.5. The molecule has 18 rings (SSSR count). The molecule has 14 aromatic carbocycles. The molecule has 6 heteroatoms. The molecular weight excluding hydrogens is 1340 g/mol. The molecule has 0 amide bonds. The lowest BCUT2D eigenvalue weighted by Crippen LogP contribution is -2.61. The molecule has 5 nitrogen and oxygen atoms in total. The zero-order valence-corrected chi connectivity index (χ0v) is 65.3. The quantitative estimate of drug-likeness (QED) is 0.135. The number of rotatable bonds is 9. The standard InChI is InChI=1S/C105H94BN5/c1-101(2,3)74-45-49-91-86(58-74)87-59-75(102(4,5)6)46-50-92(87)108(91)81-63-96-99-97(64-81)111(100-84(69-35-24-18-25-36-69)60-78(105(13,14)15)61-85(100)70-37-26-19-27-38-70)95-55-71(67-31-20-16-21-32-67)43-47-89(95)106(99)88-48-44-72(73-53-76(103(7,8)9)57-77(54-73)104(10,11)12)56-94(88)110(96)80-52-66(65-107)51-79(62-80)109-90-41-29-28-39-83(90)98-82(40-30-42-93(98)109)68-33-22-17-23-34-68/h16-64H,1-15H3/i16D,17D,20D,21D,22D,23D,28D,29D,30D,31D,32D,33D,34D,39D,40D,41D,42D. The van der Waals surface area contributed by atoms with Gasteiger partial charge in [-0.2, -0.15) is 5.26 Å². The van der Waals surface area contributed by atoms with Crippen LogP contribution in [0.5, 0.6) is 0 Å². The lowest BCUT2D eigenvalue weighted by atomic mass is 9.33. The second kappa shape index (κ2) is 26.0. The van der Waals surface area contributed by atoms with Crippen molar-refractivity contribution < 1.29 is 23.3 Å². The van der Waals surface area contributed by atoms with Crippen molar-refractivity contribution in [3.8, 4) is 73.1 Å². The van der Waals surface area contributed by atoms with Crippen molar-refractivity contribution in [2.75, 3.05) is 9.80 Å². The highest BCUT2D eigenvalue weighted by Crippen LogP contribution is 2.54. The first-order valence-electron chi connectivity index (χ1n) is 46.6. The van der Waals surface area contributed by atoms with Crippen LogP contribution in [0, 0.1) is 11.3 Å². The van der Waals surface area contributed by atoms with Gasteiger partial charge in [0, 0.05) is 66.8 Å². The molecule has 2 aliphatic rings. The number of benzene rings is 14. The summed E-state index contributed by atoms with van der Waals surface area (Å²) in [7, 11) is 0. The minimum atomic E-state index is -0.763. The van der Waals surface area contributed by atoms with Gasteiger partial charge in [0.05, 0.1) is 68.4 Å². The van der Waals surface area contributed by atoms with Crippen molar-refractivity contribution in [1.82, 2.24) is 9.13 Å². The SMILES string of the molecule is [2H]c1c([2H])c([2H])c(-c2ccc3c(c2)N(c2c(-c4ccccc4)cc(C(C)(C)C)cc2-c2ccccc2)c2cc(-n4c5ccc(C(C)(C)C)cc5c5cc(C(C)(C)C)ccc54)cc4c2B3c2ccc(-c3cc(C(C)(C)C)cc(C(C)(C)C)c3)cc2N4c2cc(C#N)cc(-n3c4c([2H])c([2H])c([2H])c([2H])c4c4c(-c5c([2H])c([2H])c([2H])c([2H])c5[2H])c([2H])c([2H])c([2H])c43)c2)c([2H])c1[2H]. The maximum Gasteiger partial charge on any atom is 0.252 e. The molecule has 2 aliphatic heterocycles. The zero-order chi connectivity index (χ0) is 91.7. The average molecular weight is 1450 g/mol. The molecule has 0 unspecified atom stereocenters. The second-order valence-electron chi connectivity index (χ2n) is 34.9. The Kier molecular flexibility index (Phi) is 12.6. The average Bonchev–Trinajstić information content (AvgIpc) is 1.11. The van der Waals surface area contributed by atoms with Crippen LogP contribution in [-0.4, -0.2) is 15.8 Å². The predicted octanol–water partition coefficient (Wildman–Crippen LogP) is 26.7. The summed E-state index contributed by atoms with van der Waals surface area (Å²) in [6.45, 7) is 32.3. The Morgan fingerprint density at radius 3 is 1.31 bits per heavy atom. The Hall–Kier alpha value is -12.2. The smallest absolute Gasteiger partial charge is 0.252 e. The molecule has 0 fully saturated rings. The van der Waals surface area contributed by atoms with E-state index in [2.05, 4.69) is 246 Å². The van der Waals surface area contributed by atoms with Crippen LogP contribution < -0.4 is 26.2 Å². The maximum atomic E-state index is 12.1. The van der Waals surface area contributed by atoms with Crippen LogP contribution in [-0.2, 0) is 27.1 Å². The summed E-state index contributed by atoms with van der Waals surface area (Å²) in [5.41, 5.74) is 16.2. The summed E-state index contributed by atoms with van der Waals surface area (Å²) in [4.78, 5) is 4.45. The van der Waals surface area contributed by atoms with Crippen molar-refractivity contribution in [3.05, 3.63) is 330 Å². The van der Waals surface area contributed by atoms with Crippen molar-refractivity contribution in [3.63, 3.8) is 0 Å².